The Labute approximate surface area is 181 Å². The van der Waals surface area contributed by atoms with Gasteiger partial charge in [-0.2, -0.15) is 0 Å². The average molecular weight is 412 g/mol. The van der Waals surface area contributed by atoms with Crippen molar-refractivity contribution in [3.05, 3.63) is 101 Å². The second kappa shape index (κ2) is 8.65. The van der Waals surface area contributed by atoms with E-state index in [4.69, 9.17) is 4.74 Å². The molecule has 0 spiro atoms. The summed E-state index contributed by atoms with van der Waals surface area (Å²) in [7, 11) is 1.67. The summed E-state index contributed by atoms with van der Waals surface area (Å²) in [4.78, 5) is 7.09. The van der Waals surface area contributed by atoms with Crippen LogP contribution in [0.25, 0.3) is 0 Å². The minimum Gasteiger partial charge on any atom is -0.497 e. The molecule has 31 heavy (non-hydrogen) atoms. The van der Waals surface area contributed by atoms with Crippen LogP contribution in [0, 0.1) is 0 Å². The number of hydrogen-bond acceptors (Lipinski definition) is 6. The van der Waals surface area contributed by atoms with E-state index in [0.717, 1.165) is 42.3 Å². The molecule has 1 atom stereocenters. The van der Waals surface area contributed by atoms with E-state index in [2.05, 4.69) is 55.7 Å². The highest BCUT2D eigenvalue weighted by atomic mass is 16.5. The van der Waals surface area contributed by atoms with Gasteiger partial charge in [0, 0.05) is 19.3 Å². The van der Waals surface area contributed by atoms with E-state index in [1.807, 2.05) is 47.3 Å². The van der Waals surface area contributed by atoms with Gasteiger partial charge in [0.15, 0.2) is 5.82 Å². The van der Waals surface area contributed by atoms with E-state index in [1.165, 1.54) is 11.1 Å². The summed E-state index contributed by atoms with van der Waals surface area (Å²) in [5.74, 6) is 1.63. The molecular weight excluding hydrogens is 388 g/mol. The predicted molar refractivity (Wildman–Crippen MR) is 117 cm³/mol. The lowest BCUT2D eigenvalue weighted by atomic mass is 9.97. The molecule has 0 aliphatic carbocycles. The second-order valence-corrected chi connectivity index (χ2v) is 7.69. The number of methoxy groups -OCH3 is 1. The van der Waals surface area contributed by atoms with Gasteiger partial charge < -0.3 is 4.74 Å². The first-order valence-corrected chi connectivity index (χ1v) is 10.4. The number of nitrogens with zero attached hydrogens (tertiary/aromatic N) is 6. The van der Waals surface area contributed by atoms with Crippen LogP contribution in [0.15, 0.2) is 72.9 Å². The van der Waals surface area contributed by atoms with Gasteiger partial charge in [-0.05, 0) is 57.8 Å². The molecular formula is C24H24N6O. The van der Waals surface area contributed by atoms with Crippen LogP contribution in [0.1, 0.15) is 34.3 Å². The number of pyridine rings is 1. The number of ether oxygens (including phenoxy) is 1. The van der Waals surface area contributed by atoms with Gasteiger partial charge in [0.05, 0.1) is 19.3 Å². The third-order valence-corrected chi connectivity index (χ3v) is 5.79. The molecule has 2 aromatic heterocycles. The standard InChI is InChI=1S/C24H24N6O/c1-31-21-11-9-18(10-12-21)16-30-24(26-27-28-30)23(22-8-4-5-14-25-22)29-15-13-19-6-2-3-7-20(19)17-29/h2-12,14,23H,13,15-17H2,1H3. The Morgan fingerprint density at radius 1 is 0.968 bits per heavy atom. The van der Waals surface area contributed by atoms with Crippen molar-refractivity contribution in [3.63, 3.8) is 0 Å². The van der Waals surface area contributed by atoms with Crippen molar-refractivity contribution in [3.8, 4) is 5.75 Å². The summed E-state index contributed by atoms with van der Waals surface area (Å²) >= 11 is 0. The van der Waals surface area contributed by atoms with Crippen molar-refractivity contribution in [2.45, 2.75) is 25.6 Å². The quantitative estimate of drug-likeness (QED) is 0.484. The summed E-state index contributed by atoms with van der Waals surface area (Å²) in [5, 5.41) is 12.8. The van der Waals surface area contributed by atoms with Gasteiger partial charge in [0.25, 0.3) is 0 Å². The highest BCUT2D eigenvalue weighted by Gasteiger charge is 2.31. The highest BCUT2D eigenvalue weighted by molar-refractivity contribution is 5.31. The normalized spacial score (nSPS) is 14.7. The van der Waals surface area contributed by atoms with Gasteiger partial charge in [-0.3, -0.25) is 9.88 Å². The van der Waals surface area contributed by atoms with Crippen molar-refractivity contribution in [1.29, 1.82) is 0 Å². The van der Waals surface area contributed by atoms with Crippen molar-refractivity contribution in [2.75, 3.05) is 13.7 Å². The van der Waals surface area contributed by atoms with Crippen LogP contribution in [0.3, 0.4) is 0 Å². The van der Waals surface area contributed by atoms with Crippen LogP contribution in [0.2, 0.25) is 0 Å². The van der Waals surface area contributed by atoms with E-state index in [-0.39, 0.29) is 6.04 Å². The summed E-state index contributed by atoms with van der Waals surface area (Å²) in [6.45, 7) is 2.35. The van der Waals surface area contributed by atoms with Crippen LogP contribution in [0.4, 0.5) is 0 Å². The largest absolute Gasteiger partial charge is 0.497 e. The van der Waals surface area contributed by atoms with Crippen LogP contribution >= 0.6 is 0 Å². The monoisotopic (exact) mass is 412 g/mol. The Morgan fingerprint density at radius 3 is 2.55 bits per heavy atom. The first kappa shape index (κ1) is 19.4. The van der Waals surface area contributed by atoms with E-state index < -0.39 is 0 Å². The van der Waals surface area contributed by atoms with E-state index in [9.17, 15) is 0 Å². The molecule has 0 saturated heterocycles. The minimum atomic E-state index is -0.122. The molecule has 0 radical (unpaired) electrons. The summed E-state index contributed by atoms with van der Waals surface area (Å²) < 4.78 is 7.15. The smallest absolute Gasteiger partial charge is 0.175 e. The zero-order valence-corrected chi connectivity index (χ0v) is 17.4. The Bertz CT molecular complexity index is 1140. The molecule has 2 aromatic carbocycles. The summed E-state index contributed by atoms with van der Waals surface area (Å²) in [6.07, 6.45) is 2.83. The molecule has 0 amide bonds. The predicted octanol–water partition coefficient (Wildman–Crippen LogP) is 3.27. The fourth-order valence-electron chi connectivity index (χ4n) is 4.18. The molecule has 4 aromatic rings. The van der Waals surface area contributed by atoms with Crippen molar-refractivity contribution in [1.82, 2.24) is 30.1 Å². The lowest BCUT2D eigenvalue weighted by molar-refractivity contribution is 0.192. The first-order valence-electron chi connectivity index (χ1n) is 10.4. The third kappa shape index (κ3) is 4.04. The Morgan fingerprint density at radius 2 is 1.77 bits per heavy atom. The Kier molecular flexibility index (Phi) is 5.41. The number of fused-ring (bicyclic) bond motifs is 1. The summed E-state index contributed by atoms with van der Waals surface area (Å²) in [5.41, 5.74) is 4.82. The molecule has 0 bridgehead atoms. The van der Waals surface area contributed by atoms with Crippen molar-refractivity contribution < 1.29 is 4.74 Å². The van der Waals surface area contributed by atoms with Crippen LogP contribution < -0.4 is 4.74 Å². The van der Waals surface area contributed by atoms with Crippen LogP contribution in [-0.2, 0) is 19.5 Å². The topological polar surface area (TPSA) is 69.0 Å². The van der Waals surface area contributed by atoms with Gasteiger partial charge in [-0.25, -0.2) is 4.68 Å². The molecule has 0 N–H and O–H groups in total. The number of tetrazole rings is 1. The van der Waals surface area contributed by atoms with E-state index in [0.29, 0.717) is 6.54 Å². The third-order valence-electron chi connectivity index (χ3n) is 5.79. The van der Waals surface area contributed by atoms with E-state index in [1.54, 1.807) is 7.11 Å². The molecule has 5 rings (SSSR count). The van der Waals surface area contributed by atoms with Gasteiger partial charge >= 0.3 is 0 Å². The lowest BCUT2D eigenvalue weighted by Gasteiger charge is -2.34. The molecule has 7 nitrogen and oxygen atoms in total. The molecule has 0 fully saturated rings. The number of aromatic nitrogens is 5. The maximum atomic E-state index is 5.27. The molecule has 1 aliphatic heterocycles. The summed E-state index contributed by atoms with van der Waals surface area (Å²) in [6, 6.07) is 22.5. The maximum Gasteiger partial charge on any atom is 0.175 e. The van der Waals surface area contributed by atoms with Gasteiger partial charge in [0.1, 0.15) is 11.8 Å². The minimum absolute atomic E-state index is 0.122. The maximum absolute atomic E-state index is 5.27. The molecule has 0 saturated carbocycles. The molecule has 1 unspecified atom stereocenters. The van der Waals surface area contributed by atoms with Crippen molar-refractivity contribution >= 4 is 0 Å². The SMILES string of the molecule is COc1ccc(Cn2nnnc2C(c2ccccn2)N2CCc3ccccc3C2)cc1. The fraction of sp³-hybridized carbons (Fsp3) is 0.250. The van der Waals surface area contributed by atoms with Crippen molar-refractivity contribution in [2.24, 2.45) is 0 Å². The molecule has 3 heterocycles. The molecule has 156 valence electrons. The zero-order chi connectivity index (χ0) is 21.0. The van der Waals surface area contributed by atoms with Gasteiger partial charge in [-0.15, -0.1) is 5.10 Å². The number of benzene rings is 2. The highest BCUT2D eigenvalue weighted by Crippen LogP contribution is 2.31. The van der Waals surface area contributed by atoms with Crippen LogP contribution in [0.5, 0.6) is 5.75 Å². The van der Waals surface area contributed by atoms with Gasteiger partial charge in [-0.1, -0.05) is 42.5 Å². The van der Waals surface area contributed by atoms with Crippen LogP contribution in [-0.4, -0.2) is 43.7 Å². The molecule has 1 aliphatic rings. The molecule has 7 heteroatoms. The second-order valence-electron chi connectivity index (χ2n) is 7.69. The number of rotatable bonds is 6. The lowest BCUT2D eigenvalue weighted by Crippen LogP contribution is -2.36. The number of hydrogen-bond donors (Lipinski definition) is 0. The fourth-order valence-corrected chi connectivity index (χ4v) is 4.18. The zero-order valence-electron chi connectivity index (χ0n) is 17.4. The first-order chi connectivity index (χ1) is 15.3. The van der Waals surface area contributed by atoms with Gasteiger partial charge in [0.2, 0.25) is 0 Å². The average Bonchev–Trinajstić information content (AvgIpc) is 3.28. The Hall–Kier alpha value is -3.58. The van der Waals surface area contributed by atoms with E-state index >= 15 is 0 Å². The Balaban J connectivity index is 1.49.